The first kappa shape index (κ1) is 14.3. The van der Waals surface area contributed by atoms with Crippen molar-refractivity contribution in [1.29, 1.82) is 0 Å². The molecule has 0 spiro atoms. The summed E-state index contributed by atoms with van der Waals surface area (Å²) in [7, 11) is 0. The largest absolute Gasteiger partial charge is 0.478 e. The molecule has 2 N–H and O–H groups in total. The van der Waals surface area contributed by atoms with Crippen molar-refractivity contribution in [3.05, 3.63) is 51.2 Å². The third kappa shape index (κ3) is 3.24. The van der Waals surface area contributed by atoms with Gasteiger partial charge in [0.1, 0.15) is 0 Å². The Morgan fingerprint density at radius 1 is 1.25 bits per heavy atom. The number of rotatable bonds is 4. The van der Waals surface area contributed by atoms with Gasteiger partial charge in [-0.25, -0.2) is 4.79 Å². The Morgan fingerprint density at radius 2 is 2.00 bits per heavy atom. The molecule has 20 heavy (non-hydrogen) atoms. The van der Waals surface area contributed by atoms with Gasteiger partial charge in [-0.2, -0.15) is 11.3 Å². The molecule has 2 aromatic rings. The maximum Gasteiger partial charge on any atom is 0.336 e. The van der Waals surface area contributed by atoms with Crippen molar-refractivity contribution in [2.24, 2.45) is 0 Å². The van der Waals surface area contributed by atoms with Gasteiger partial charge in [0.05, 0.1) is 12.0 Å². The molecule has 0 aliphatic heterocycles. The molecule has 2 rings (SSSR count). The van der Waals surface area contributed by atoms with Gasteiger partial charge >= 0.3 is 5.97 Å². The maximum absolute atomic E-state index is 11.9. The van der Waals surface area contributed by atoms with E-state index in [0.717, 1.165) is 11.1 Å². The number of aryl methyl sites for hydroxylation is 2. The fourth-order valence-electron chi connectivity index (χ4n) is 1.99. The predicted molar refractivity (Wildman–Crippen MR) is 79.5 cm³/mol. The monoisotopic (exact) mass is 289 g/mol. The molecular weight excluding hydrogens is 274 g/mol. The molecular formula is C15H15NO3S. The number of carbonyl (C=O) groups excluding carboxylic acids is 1. The van der Waals surface area contributed by atoms with Gasteiger partial charge in [-0.15, -0.1) is 0 Å². The Kier molecular flexibility index (Phi) is 4.20. The van der Waals surface area contributed by atoms with Gasteiger partial charge in [-0.3, -0.25) is 4.79 Å². The highest BCUT2D eigenvalue weighted by atomic mass is 32.1. The molecule has 0 saturated heterocycles. The van der Waals surface area contributed by atoms with Crippen molar-refractivity contribution in [2.45, 2.75) is 20.3 Å². The van der Waals surface area contributed by atoms with Crippen LogP contribution in [0.4, 0.5) is 5.69 Å². The van der Waals surface area contributed by atoms with Crippen molar-refractivity contribution in [1.82, 2.24) is 0 Å². The fourth-order valence-corrected chi connectivity index (χ4v) is 2.66. The first-order valence-corrected chi connectivity index (χ1v) is 7.07. The van der Waals surface area contributed by atoms with Crippen LogP contribution in [0.25, 0.3) is 0 Å². The number of carboxylic acid groups (broad SMARTS) is 1. The second-order valence-corrected chi connectivity index (χ2v) is 5.42. The van der Waals surface area contributed by atoms with E-state index in [-0.39, 0.29) is 11.5 Å². The number of amides is 1. The number of thiophene rings is 1. The van der Waals surface area contributed by atoms with Crippen molar-refractivity contribution >= 4 is 28.9 Å². The van der Waals surface area contributed by atoms with E-state index >= 15 is 0 Å². The zero-order valence-electron chi connectivity index (χ0n) is 11.3. The summed E-state index contributed by atoms with van der Waals surface area (Å²) in [5.74, 6) is -1.14. The fraction of sp³-hybridized carbons (Fsp3) is 0.200. The minimum atomic E-state index is -0.990. The number of hydrogen-bond donors (Lipinski definition) is 2. The Bertz CT molecular complexity index is 647. The Hall–Kier alpha value is -2.14. The molecule has 1 amide bonds. The lowest BCUT2D eigenvalue weighted by molar-refractivity contribution is -0.115. The average molecular weight is 289 g/mol. The molecule has 4 nitrogen and oxygen atoms in total. The summed E-state index contributed by atoms with van der Waals surface area (Å²) >= 11 is 1.54. The van der Waals surface area contributed by atoms with Crippen LogP contribution < -0.4 is 5.32 Å². The summed E-state index contributed by atoms with van der Waals surface area (Å²) in [6, 6.07) is 5.18. The molecule has 0 saturated carbocycles. The summed E-state index contributed by atoms with van der Waals surface area (Å²) in [6.45, 7) is 3.59. The van der Waals surface area contributed by atoms with Crippen LogP contribution in [0.1, 0.15) is 27.0 Å². The number of carboxylic acids is 1. The predicted octanol–water partition coefficient (Wildman–Crippen LogP) is 3.24. The van der Waals surface area contributed by atoms with Gasteiger partial charge < -0.3 is 10.4 Å². The van der Waals surface area contributed by atoms with Crippen LogP contribution in [0.2, 0.25) is 0 Å². The summed E-state index contributed by atoms with van der Waals surface area (Å²) in [5, 5.41) is 15.7. The normalized spacial score (nSPS) is 10.3. The molecule has 0 aliphatic rings. The third-order valence-electron chi connectivity index (χ3n) is 3.02. The summed E-state index contributed by atoms with van der Waals surface area (Å²) in [4.78, 5) is 23.1. The highest BCUT2D eigenvalue weighted by molar-refractivity contribution is 7.08. The van der Waals surface area contributed by atoms with Gasteiger partial charge in [-0.1, -0.05) is 6.07 Å². The van der Waals surface area contributed by atoms with Gasteiger partial charge in [0, 0.05) is 5.69 Å². The molecule has 104 valence electrons. The van der Waals surface area contributed by atoms with Gasteiger partial charge in [0.2, 0.25) is 5.91 Å². The lowest BCUT2D eigenvalue weighted by Crippen LogP contribution is -2.15. The average Bonchev–Trinajstić information content (AvgIpc) is 2.84. The number of aromatic carboxylic acids is 1. The highest BCUT2D eigenvalue weighted by Crippen LogP contribution is 2.21. The number of carbonyl (C=O) groups is 2. The van der Waals surface area contributed by atoms with E-state index in [1.165, 1.54) is 6.07 Å². The van der Waals surface area contributed by atoms with Crippen LogP contribution in [0.3, 0.4) is 0 Å². The van der Waals surface area contributed by atoms with E-state index in [9.17, 15) is 9.59 Å². The quantitative estimate of drug-likeness (QED) is 0.908. The zero-order valence-corrected chi connectivity index (χ0v) is 12.1. The summed E-state index contributed by atoms with van der Waals surface area (Å²) in [6.07, 6.45) is 0.291. The molecule has 0 unspecified atom stereocenters. The number of anilines is 1. The number of benzene rings is 1. The minimum Gasteiger partial charge on any atom is -0.478 e. The van der Waals surface area contributed by atoms with E-state index < -0.39 is 5.97 Å². The van der Waals surface area contributed by atoms with E-state index in [1.54, 1.807) is 24.3 Å². The van der Waals surface area contributed by atoms with Crippen LogP contribution in [0, 0.1) is 13.8 Å². The van der Waals surface area contributed by atoms with Crippen LogP contribution >= 0.6 is 11.3 Å². The van der Waals surface area contributed by atoms with Crippen molar-refractivity contribution in [2.75, 3.05) is 5.32 Å². The molecule has 0 atom stereocenters. The Morgan fingerprint density at radius 3 is 2.60 bits per heavy atom. The van der Waals surface area contributed by atoms with Gasteiger partial charge in [0.25, 0.3) is 0 Å². The van der Waals surface area contributed by atoms with E-state index in [1.807, 2.05) is 23.8 Å². The molecule has 1 aromatic carbocycles. The second kappa shape index (κ2) is 5.88. The topological polar surface area (TPSA) is 66.4 Å². The lowest BCUT2D eigenvalue weighted by atomic mass is 10.0. The molecule has 0 aliphatic carbocycles. The van der Waals surface area contributed by atoms with Crippen LogP contribution in [-0.2, 0) is 11.2 Å². The molecule has 5 heteroatoms. The van der Waals surface area contributed by atoms with E-state index in [0.29, 0.717) is 17.7 Å². The zero-order chi connectivity index (χ0) is 14.7. The highest BCUT2D eigenvalue weighted by Gasteiger charge is 2.12. The van der Waals surface area contributed by atoms with Crippen LogP contribution in [0.15, 0.2) is 29.0 Å². The Labute approximate surface area is 121 Å². The maximum atomic E-state index is 11.9. The van der Waals surface area contributed by atoms with E-state index in [4.69, 9.17) is 5.11 Å². The summed E-state index contributed by atoms with van der Waals surface area (Å²) in [5.41, 5.74) is 3.25. The molecule has 0 fully saturated rings. The Balaban J connectivity index is 2.18. The number of hydrogen-bond acceptors (Lipinski definition) is 3. The molecule has 1 aromatic heterocycles. The minimum absolute atomic E-state index is 0.147. The smallest absolute Gasteiger partial charge is 0.336 e. The standard InChI is InChI=1S/C15H15NO3S/c1-9-5-10(2)13(7-12(9)15(18)19)16-14(17)6-11-3-4-20-8-11/h3-5,7-8H,6H2,1-2H3,(H,16,17)(H,18,19). The van der Waals surface area contributed by atoms with Gasteiger partial charge in [0.15, 0.2) is 0 Å². The van der Waals surface area contributed by atoms with Crippen LogP contribution in [-0.4, -0.2) is 17.0 Å². The van der Waals surface area contributed by atoms with Crippen molar-refractivity contribution in [3.63, 3.8) is 0 Å². The molecule has 1 heterocycles. The second-order valence-electron chi connectivity index (χ2n) is 4.64. The SMILES string of the molecule is Cc1cc(C)c(C(=O)O)cc1NC(=O)Cc1ccsc1. The van der Waals surface area contributed by atoms with Crippen LogP contribution in [0.5, 0.6) is 0 Å². The first-order valence-electron chi connectivity index (χ1n) is 6.13. The molecule has 0 radical (unpaired) electrons. The lowest BCUT2D eigenvalue weighted by Gasteiger charge is -2.11. The third-order valence-corrected chi connectivity index (χ3v) is 3.75. The van der Waals surface area contributed by atoms with Gasteiger partial charge in [-0.05, 0) is 53.4 Å². The van der Waals surface area contributed by atoms with E-state index in [2.05, 4.69) is 5.32 Å². The first-order chi connectivity index (χ1) is 9.47. The number of nitrogens with one attached hydrogen (secondary N) is 1. The van der Waals surface area contributed by atoms with Crippen molar-refractivity contribution < 1.29 is 14.7 Å². The van der Waals surface area contributed by atoms with Crippen molar-refractivity contribution in [3.8, 4) is 0 Å². The molecule has 0 bridgehead atoms. The summed E-state index contributed by atoms with van der Waals surface area (Å²) < 4.78 is 0.